The zero-order chi connectivity index (χ0) is 24.5. The third-order valence-electron chi connectivity index (χ3n) is 6.52. The molecule has 4 rings (SSSR count). The Kier molecular flexibility index (Phi) is 9.18. The Hall–Kier alpha value is -2.86. The lowest BCUT2D eigenvalue weighted by atomic mass is 9.95. The molecule has 1 heterocycles. The van der Waals surface area contributed by atoms with Crippen molar-refractivity contribution in [2.45, 2.75) is 31.8 Å². The molecule has 1 aliphatic rings. The lowest BCUT2D eigenvalue weighted by Crippen LogP contribution is -2.53. The van der Waals surface area contributed by atoms with E-state index < -0.39 is 6.09 Å². The summed E-state index contributed by atoms with van der Waals surface area (Å²) in [5.74, 6) is 0. The molecule has 1 aliphatic heterocycles. The van der Waals surface area contributed by atoms with Crippen molar-refractivity contribution in [3.63, 3.8) is 0 Å². The molecule has 0 radical (unpaired) electrons. The van der Waals surface area contributed by atoms with E-state index in [0.717, 1.165) is 39.0 Å². The highest BCUT2D eigenvalue weighted by Gasteiger charge is 2.31. The average molecular weight is 492 g/mol. The van der Waals surface area contributed by atoms with E-state index in [-0.39, 0.29) is 6.04 Å². The minimum Gasteiger partial charge on any atom is -0.449 e. The molecule has 6 heteroatoms. The van der Waals surface area contributed by atoms with Gasteiger partial charge in [-0.15, -0.1) is 0 Å². The van der Waals surface area contributed by atoms with Gasteiger partial charge in [0.15, 0.2) is 0 Å². The molecule has 0 aromatic heterocycles. The summed E-state index contributed by atoms with van der Waals surface area (Å²) in [5.41, 5.74) is 3.36. The molecule has 1 amide bonds. The monoisotopic (exact) mass is 491 g/mol. The molecular weight excluding hydrogens is 458 g/mol. The molecule has 0 saturated carbocycles. The van der Waals surface area contributed by atoms with E-state index in [1.165, 1.54) is 11.1 Å². The molecule has 1 saturated heterocycles. The number of nitrogens with one attached hydrogen (secondary N) is 1. The van der Waals surface area contributed by atoms with Gasteiger partial charge in [0.2, 0.25) is 0 Å². The average Bonchev–Trinajstić information content (AvgIpc) is 2.88. The van der Waals surface area contributed by atoms with Crippen molar-refractivity contribution >= 4 is 23.4 Å². The SMILES string of the molecule is CC1CN(CCCCOC(=O)Nc2ccc(Cl)cc2)CCN1C(c1ccccc1)c1ccccc1. The summed E-state index contributed by atoms with van der Waals surface area (Å²) in [7, 11) is 0. The third kappa shape index (κ3) is 7.31. The molecule has 0 spiro atoms. The summed E-state index contributed by atoms with van der Waals surface area (Å²) in [5, 5.41) is 3.36. The Labute approximate surface area is 213 Å². The first-order valence-corrected chi connectivity index (χ1v) is 12.8. The molecule has 3 aromatic rings. The quantitative estimate of drug-likeness (QED) is 0.349. The second kappa shape index (κ2) is 12.7. The smallest absolute Gasteiger partial charge is 0.411 e. The van der Waals surface area contributed by atoms with Crippen LogP contribution in [-0.2, 0) is 4.74 Å². The Balaban J connectivity index is 1.22. The van der Waals surface area contributed by atoms with Gasteiger partial charge >= 0.3 is 6.09 Å². The van der Waals surface area contributed by atoms with Gasteiger partial charge in [0, 0.05) is 36.4 Å². The maximum atomic E-state index is 12.0. The molecule has 1 unspecified atom stereocenters. The number of rotatable bonds is 9. The highest BCUT2D eigenvalue weighted by Crippen LogP contribution is 2.31. The van der Waals surface area contributed by atoms with Gasteiger partial charge in [-0.25, -0.2) is 4.79 Å². The number of hydrogen-bond donors (Lipinski definition) is 1. The third-order valence-corrected chi connectivity index (χ3v) is 6.77. The standard InChI is InChI=1S/C29H34ClN3O2/c1-23-22-32(18-8-9-21-35-29(34)31-27-16-14-26(30)15-17-27)19-20-33(23)28(24-10-4-2-5-11-24)25-12-6-3-7-13-25/h2-7,10-17,23,28H,8-9,18-22H2,1H3,(H,31,34). The van der Waals surface area contributed by atoms with Gasteiger partial charge in [-0.2, -0.15) is 0 Å². The predicted molar refractivity (Wildman–Crippen MR) is 143 cm³/mol. The van der Waals surface area contributed by atoms with Crippen molar-refractivity contribution in [2.75, 3.05) is 38.1 Å². The number of ether oxygens (including phenoxy) is 1. The predicted octanol–water partition coefficient (Wildman–Crippen LogP) is 6.46. The van der Waals surface area contributed by atoms with Gasteiger partial charge in [-0.3, -0.25) is 10.2 Å². The highest BCUT2D eigenvalue weighted by atomic mass is 35.5. The van der Waals surface area contributed by atoms with E-state index >= 15 is 0 Å². The van der Waals surface area contributed by atoms with Crippen molar-refractivity contribution < 1.29 is 9.53 Å². The van der Waals surface area contributed by atoms with Crippen LogP contribution in [0, 0.1) is 0 Å². The van der Waals surface area contributed by atoms with Crippen LogP contribution in [0.4, 0.5) is 10.5 Å². The molecule has 1 atom stereocenters. The summed E-state index contributed by atoms with van der Waals surface area (Å²) in [4.78, 5) is 17.1. The number of amides is 1. The Bertz CT molecular complexity index is 1010. The number of benzene rings is 3. The van der Waals surface area contributed by atoms with Crippen LogP contribution in [0.15, 0.2) is 84.9 Å². The van der Waals surface area contributed by atoms with Gasteiger partial charge < -0.3 is 9.64 Å². The number of unbranched alkanes of at least 4 members (excludes halogenated alkanes) is 1. The zero-order valence-electron chi connectivity index (χ0n) is 20.3. The van der Waals surface area contributed by atoms with Gasteiger partial charge in [0.05, 0.1) is 12.6 Å². The van der Waals surface area contributed by atoms with Gasteiger partial charge in [-0.05, 0) is 61.7 Å². The highest BCUT2D eigenvalue weighted by molar-refractivity contribution is 6.30. The molecule has 35 heavy (non-hydrogen) atoms. The first-order chi connectivity index (χ1) is 17.1. The number of nitrogens with zero attached hydrogens (tertiary/aromatic N) is 2. The van der Waals surface area contributed by atoms with Crippen LogP contribution < -0.4 is 5.32 Å². The minimum atomic E-state index is -0.428. The van der Waals surface area contributed by atoms with Crippen LogP contribution in [0.1, 0.15) is 36.9 Å². The molecular formula is C29H34ClN3O2. The van der Waals surface area contributed by atoms with Crippen molar-refractivity contribution in [2.24, 2.45) is 0 Å². The van der Waals surface area contributed by atoms with Gasteiger partial charge in [0.1, 0.15) is 0 Å². The van der Waals surface area contributed by atoms with Crippen LogP contribution >= 0.6 is 11.6 Å². The van der Waals surface area contributed by atoms with Gasteiger partial charge in [-0.1, -0.05) is 72.3 Å². The number of piperazine rings is 1. The first kappa shape index (κ1) is 25.2. The second-order valence-electron chi connectivity index (χ2n) is 9.09. The minimum absolute atomic E-state index is 0.266. The second-order valence-corrected chi connectivity index (χ2v) is 9.52. The molecule has 3 aromatic carbocycles. The summed E-state index contributed by atoms with van der Waals surface area (Å²) in [6.45, 7) is 6.86. The fourth-order valence-electron chi connectivity index (χ4n) is 4.77. The molecule has 1 fully saturated rings. The van der Waals surface area contributed by atoms with Crippen LogP contribution in [0.3, 0.4) is 0 Å². The van der Waals surface area contributed by atoms with Crippen LogP contribution in [0.5, 0.6) is 0 Å². The fourth-order valence-corrected chi connectivity index (χ4v) is 4.90. The summed E-state index contributed by atoms with van der Waals surface area (Å²) in [6, 6.07) is 29.3. The van der Waals surface area contributed by atoms with E-state index in [0.29, 0.717) is 23.4 Å². The van der Waals surface area contributed by atoms with Crippen molar-refractivity contribution in [1.29, 1.82) is 0 Å². The first-order valence-electron chi connectivity index (χ1n) is 12.4. The van der Waals surface area contributed by atoms with E-state index in [4.69, 9.17) is 16.3 Å². The van der Waals surface area contributed by atoms with Crippen LogP contribution in [0.2, 0.25) is 5.02 Å². The lowest BCUT2D eigenvalue weighted by molar-refractivity contribution is 0.0590. The lowest BCUT2D eigenvalue weighted by Gasteiger charge is -2.44. The molecule has 184 valence electrons. The fraction of sp³-hybridized carbons (Fsp3) is 0.345. The van der Waals surface area contributed by atoms with Crippen LogP contribution in [0.25, 0.3) is 0 Å². The zero-order valence-corrected chi connectivity index (χ0v) is 21.0. The van der Waals surface area contributed by atoms with E-state index in [9.17, 15) is 4.79 Å². The summed E-state index contributed by atoms with van der Waals surface area (Å²) < 4.78 is 5.32. The Morgan fingerprint density at radius 2 is 1.57 bits per heavy atom. The largest absolute Gasteiger partial charge is 0.449 e. The van der Waals surface area contributed by atoms with Crippen molar-refractivity contribution in [3.05, 3.63) is 101 Å². The Morgan fingerprint density at radius 1 is 0.943 bits per heavy atom. The van der Waals surface area contributed by atoms with E-state index in [2.05, 4.69) is 82.7 Å². The number of anilines is 1. The van der Waals surface area contributed by atoms with E-state index in [1.54, 1.807) is 24.3 Å². The van der Waals surface area contributed by atoms with E-state index in [1.807, 2.05) is 0 Å². The number of carbonyl (C=O) groups excluding carboxylic acids is 1. The number of halogens is 1. The van der Waals surface area contributed by atoms with Crippen molar-refractivity contribution in [3.8, 4) is 0 Å². The number of carbonyl (C=O) groups is 1. The summed E-state index contributed by atoms with van der Waals surface area (Å²) in [6.07, 6.45) is 1.42. The summed E-state index contributed by atoms with van der Waals surface area (Å²) >= 11 is 5.87. The maximum absolute atomic E-state index is 12.0. The molecule has 5 nitrogen and oxygen atoms in total. The molecule has 0 bridgehead atoms. The van der Waals surface area contributed by atoms with Crippen molar-refractivity contribution in [1.82, 2.24) is 9.80 Å². The molecule has 1 N–H and O–H groups in total. The normalized spacial score (nSPS) is 16.8. The molecule has 0 aliphatic carbocycles. The van der Waals surface area contributed by atoms with Crippen LogP contribution in [-0.4, -0.2) is 54.7 Å². The van der Waals surface area contributed by atoms with Gasteiger partial charge in [0.25, 0.3) is 0 Å². The number of hydrogen-bond acceptors (Lipinski definition) is 4. The Morgan fingerprint density at radius 3 is 2.17 bits per heavy atom. The topological polar surface area (TPSA) is 44.8 Å². The maximum Gasteiger partial charge on any atom is 0.411 e.